The molecule has 0 bridgehead atoms. The molecule has 86 valence electrons. The van der Waals surface area contributed by atoms with Gasteiger partial charge in [-0.3, -0.25) is 0 Å². The van der Waals surface area contributed by atoms with E-state index >= 15 is 0 Å². The van der Waals surface area contributed by atoms with Crippen molar-refractivity contribution in [2.24, 2.45) is 0 Å². The molecule has 2 atom stereocenters. The lowest BCUT2D eigenvalue weighted by molar-refractivity contribution is 0.270. The maximum atomic E-state index is 3.58. The predicted molar refractivity (Wildman–Crippen MR) is 68.5 cm³/mol. The first-order valence-electron chi connectivity index (χ1n) is 5.57. The molecule has 0 aliphatic heterocycles. The van der Waals surface area contributed by atoms with E-state index in [1.807, 2.05) is 0 Å². The van der Waals surface area contributed by atoms with Gasteiger partial charge in [0.15, 0.2) is 0 Å². The highest BCUT2D eigenvalue weighted by molar-refractivity contribution is 7.07. The molecule has 0 spiro atoms. The molecule has 0 aromatic carbocycles. The molecule has 1 N–H and O–H groups in total. The quantitative estimate of drug-likeness (QED) is 0.802. The average molecular weight is 226 g/mol. The molecule has 0 amide bonds. The zero-order chi connectivity index (χ0) is 11.3. The smallest absolute Gasteiger partial charge is 0.0300 e. The Balaban J connectivity index is 2.36. The Bertz CT molecular complexity index is 257. The SMILES string of the molecule is CCC(CNC(C)c1ccsc1)N(C)C. The number of nitrogens with one attached hydrogen (secondary N) is 1. The second kappa shape index (κ2) is 6.26. The average Bonchev–Trinajstić information content (AvgIpc) is 2.70. The molecule has 0 aliphatic rings. The summed E-state index contributed by atoms with van der Waals surface area (Å²) in [6.07, 6.45) is 1.19. The summed E-state index contributed by atoms with van der Waals surface area (Å²) in [5.41, 5.74) is 1.40. The summed E-state index contributed by atoms with van der Waals surface area (Å²) >= 11 is 1.76. The van der Waals surface area contributed by atoms with Gasteiger partial charge in [-0.1, -0.05) is 6.92 Å². The van der Waals surface area contributed by atoms with E-state index in [9.17, 15) is 0 Å². The third kappa shape index (κ3) is 3.93. The Kier molecular flexibility index (Phi) is 5.29. The van der Waals surface area contributed by atoms with E-state index in [1.54, 1.807) is 11.3 Å². The lowest BCUT2D eigenvalue weighted by Crippen LogP contribution is -2.38. The van der Waals surface area contributed by atoms with Crippen molar-refractivity contribution in [2.45, 2.75) is 32.4 Å². The van der Waals surface area contributed by atoms with Gasteiger partial charge in [-0.15, -0.1) is 0 Å². The van der Waals surface area contributed by atoms with Gasteiger partial charge >= 0.3 is 0 Å². The molecule has 1 heterocycles. The molecule has 1 aromatic heterocycles. The Morgan fingerprint density at radius 3 is 2.67 bits per heavy atom. The third-order valence-electron chi connectivity index (χ3n) is 2.90. The van der Waals surface area contributed by atoms with Crippen molar-refractivity contribution < 1.29 is 0 Å². The Morgan fingerprint density at radius 1 is 1.47 bits per heavy atom. The van der Waals surface area contributed by atoms with Gasteiger partial charge < -0.3 is 10.2 Å². The normalized spacial score (nSPS) is 15.5. The Hall–Kier alpha value is -0.380. The summed E-state index contributed by atoms with van der Waals surface area (Å²) in [7, 11) is 4.29. The van der Waals surface area contributed by atoms with Gasteiger partial charge in [0, 0.05) is 18.6 Å². The molecule has 0 aliphatic carbocycles. The van der Waals surface area contributed by atoms with Crippen molar-refractivity contribution in [3.05, 3.63) is 22.4 Å². The molecule has 0 radical (unpaired) electrons. The third-order valence-corrected chi connectivity index (χ3v) is 3.61. The van der Waals surface area contributed by atoms with Gasteiger partial charge in [-0.05, 0) is 49.8 Å². The van der Waals surface area contributed by atoms with E-state index in [2.05, 4.69) is 55.0 Å². The van der Waals surface area contributed by atoms with E-state index in [4.69, 9.17) is 0 Å². The second-order valence-corrected chi connectivity index (χ2v) is 4.99. The minimum Gasteiger partial charge on any atom is -0.309 e. The van der Waals surface area contributed by atoms with Crippen molar-refractivity contribution in [1.29, 1.82) is 0 Å². The molecule has 2 nitrogen and oxygen atoms in total. The van der Waals surface area contributed by atoms with Crippen LogP contribution in [0.25, 0.3) is 0 Å². The molecule has 2 unspecified atom stereocenters. The molecule has 0 saturated carbocycles. The fourth-order valence-corrected chi connectivity index (χ4v) is 2.40. The minimum atomic E-state index is 0.463. The zero-order valence-electron chi connectivity index (χ0n) is 10.2. The topological polar surface area (TPSA) is 15.3 Å². The van der Waals surface area contributed by atoms with Crippen LogP contribution in [0, 0.1) is 0 Å². The maximum Gasteiger partial charge on any atom is 0.0300 e. The number of hydrogen-bond donors (Lipinski definition) is 1. The van der Waals surface area contributed by atoms with Crippen LogP contribution in [0.1, 0.15) is 31.9 Å². The highest BCUT2D eigenvalue weighted by Crippen LogP contribution is 2.15. The molecule has 3 heteroatoms. The Labute approximate surface area is 97.3 Å². The predicted octanol–water partition coefficient (Wildman–Crippen LogP) is 2.74. The van der Waals surface area contributed by atoms with E-state index in [-0.39, 0.29) is 0 Å². The lowest BCUT2D eigenvalue weighted by Gasteiger charge is -2.25. The summed E-state index contributed by atoms with van der Waals surface area (Å²) in [6, 6.07) is 3.29. The summed E-state index contributed by atoms with van der Waals surface area (Å²) in [4.78, 5) is 2.29. The minimum absolute atomic E-state index is 0.463. The molecule has 1 aromatic rings. The van der Waals surface area contributed by atoms with Gasteiger partial charge in [-0.25, -0.2) is 0 Å². The zero-order valence-corrected chi connectivity index (χ0v) is 11.0. The van der Waals surface area contributed by atoms with Crippen molar-refractivity contribution in [3.63, 3.8) is 0 Å². The first kappa shape index (κ1) is 12.7. The van der Waals surface area contributed by atoms with E-state index in [1.165, 1.54) is 12.0 Å². The van der Waals surface area contributed by atoms with Crippen LogP contribution in [-0.4, -0.2) is 31.6 Å². The summed E-state index contributed by atoms with van der Waals surface area (Å²) in [5, 5.41) is 7.93. The van der Waals surface area contributed by atoms with Crippen LogP contribution >= 0.6 is 11.3 Å². The van der Waals surface area contributed by atoms with Crippen LogP contribution in [0.5, 0.6) is 0 Å². The van der Waals surface area contributed by atoms with Crippen LogP contribution in [0.15, 0.2) is 16.8 Å². The highest BCUT2D eigenvalue weighted by Gasteiger charge is 2.11. The fraction of sp³-hybridized carbons (Fsp3) is 0.667. The van der Waals surface area contributed by atoms with E-state index in [0.29, 0.717) is 12.1 Å². The Morgan fingerprint density at radius 2 is 2.20 bits per heavy atom. The van der Waals surface area contributed by atoms with Crippen LogP contribution in [0.2, 0.25) is 0 Å². The van der Waals surface area contributed by atoms with Gasteiger partial charge in [0.05, 0.1) is 0 Å². The largest absolute Gasteiger partial charge is 0.309 e. The van der Waals surface area contributed by atoms with Crippen LogP contribution < -0.4 is 5.32 Å². The molecular formula is C12H22N2S. The summed E-state index contributed by atoms with van der Waals surface area (Å²) < 4.78 is 0. The second-order valence-electron chi connectivity index (χ2n) is 4.21. The number of likely N-dealkylation sites (N-methyl/N-ethyl adjacent to an activating group) is 1. The van der Waals surface area contributed by atoms with Crippen molar-refractivity contribution in [3.8, 4) is 0 Å². The first-order valence-corrected chi connectivity index (χ1v) is 6.51. The van der Waals surface area contributed by atoms with Gasteiger partial charge in [0.1, 0.15) is 0 Å². The molecule has 1 rings (SSSR count). The fourth-order valence-electron chi connectivity index (χ4n) is 1.64. The van der Waals surface area contributed by atoms with Gasteiger partial charge in [-0.2, -0.15) is 11.3 Å². The number of thiophene rings is 1. The number of hydrogen-bond acceptors (Lipinski definition) is 3. The molecule has 15 heavy (non-hydrogen) atoms. The first-order chi connectivity index (χ1) is 7.15. The number of nitrogens with zero attached hydrogens (tertiary/aromatic N) is 1. The van der Waals surface area contributed by atoms with E-state index < -0.39 is 0 Å². The molecule has 0 fully saturated rings. The van der Waals surface area contributed by atoms with Crippen molar-refractivity contribution in [1.82, 2.24) is 10.2 Å². The monoisotopic (exact) mass is 226 g/mol. The number of rotatable bonds is 6. The van der Waals surface area contributed by atoms with E-state index in [0.717, 1.165) is 6.54 Å². The lowest BCUT2D eigenvalue weighted by atomic mass is 10.1. The van der Waals surface area contributed by atoms with Crippen LogP contribution in [0.4, 0.5) is 0 Å². The van der Waals surface area contributed by atoms with Crippen molar-refractivity contribution >= 4 is 11.3 Å². The maximum absolute atomic E-state index is 3.58. The van der Waals surface area contributed by atoms with Gasteiger partial charge in [0.2, 0.25) is 0 Å². The van der Waals surface area contributed by atoms with Gasteiger partial charge in [0.25, 0.3) is 0 Å². The molecule has 0 saturated heterocycles. The van der Waals surface area contributed by atoms with Crippen molar-refractivity contribution in [2.75, 3.05) is 20.6 Å². The molecular weight excluding hydrogens is 204 g/mol. The standard InChI is InChI=1S/C12H22N2S/c1-5-12(14(3)4)8-13-10(2)11-6-7-15-9-11/h6-7,9-10,12-13H,5,8H2,1-4H3. The summed E-state index contributed by atoms with van der Waals surface area (Å²) in [6.45, 7) is 5.52. The highest BCUT2D eigenvalue weighted by atomic mass is 32.1. The van der Waals surface area contributed by atoms with Crippen LogP contribution in [0.3, 0.4) is 0 Å². The van der Waals surface area contributed by atoms with Crippen LogP contribution in [-0.2, 0) is 0 Å². The summed E-state index contributed by atoms with van der Waals surface area (Å²) in [5.74, 6) is 0.